The van der Waals surface area contributed by atoms with Gasteiger partial charge in [0.1, 0.15) is 11.6 Å². The number of anilines is 1. The van der Waals surface area contributed by atoms with Gasteiger partial charge < -0.3 is 5.32 Å². The average molecular weight is 275 g/mol. The first kappa shape index (κ1) is 14.5. The molecule has 3 heteroatoms. The van der Waals surface area contributed by atoms with Crippen molar-refractivity contribution in [1.29, 1.82) is 0 Å². The highest BCUT2D eigenvalue weighted by Crippen LogP contribution is 2.16. The molecule has 0 saturated heterocycles. The zero-order valence-corrected chi connectivity index (χ0v) is 11.8. The Labute approximate surface area is 118 Å². The number of halogens is 2. The fourth-order valence-electron chi connectivity index (χ4n) is 2.09. The van der Waals surface area contributed by atoms with Crippen LogP contribution in [-0.2, 0) is 13.0 Å². The van der Waals surface area contributed by atoms with Gasteiger partial charge in [0.25, 0.3) is 0 Å². The normalized spacial score (nSPS) is 10.8. The van der Waals surface area contributed by atoms with Gasteiger partial charge >= 0.3 is 0 Å². The fourth-order valence-corrected chi connectivity index (χ4v) is 2.09. The first-order valence-electron chi connectivity index (χ1n) is 6.81. The van der Waals surface area contributed by atoms with E-state index in [1.165, 1.54) is 17.7 Å². The summed E-state index contributed by atoms with van der Waals surface area (Å²) in [4.78, 5) is 0. The van der Waals surface area contributed by atoms with Crippen LogP contribution >= 0.6 is 0 Å². The van der Waals surface area contributed by atoms with Gasteiger partial charge in [-0.05, 0) is 35.6 Å². The minimum absolute atomic E-state index is 0.317. The van der Waals surface area contributed by atoms with E-state index in [-0.39, 0.29) is 0 Å². The Morgan fingerprint density at radius 3 is 2.20 bits per heavy atom. The molecule has 1 N–H and O–H groups in total. The van der Waals surface area contributed by atoms with E-state index in [1.54, 1.807) is 0 Å². The zero-order valence-electron chi connectivity index (χ0n) is 11.8. The molecule has 106 valence electrons. The van der Waals surface area contributed by atoms with E-state index in [9.17, 15) is 8.78 Å². The van der Waals surface area contributed by atoms with Crippen molar-refractivity contribution in [1.82, 2.24) is 0 Å². The first-order chi connectivity index (χ1) is 9.54. The summed E-state index contributed by atoms with van der Waals surface area (Å²) in [5, 5.41) is 2.98. The van der Waals surface area contributed by atoms with E-state index in [0.29, 0.717) is 18.2 Å². The van der Waals surface area contributed by atoms with Crippen molar-refractivity contribution in [3.8, 4) is 0 Å². The SMILES string of the molecule is CC(C)Cc1ccc(CNc2ccc(F)cc2F)cc1. The lowest BCUT2D eigenvalue weighted by atomic mass is 10.0. The Bertz CT molecular complexity index is 562. The summed E-state index contributed by atoms with van der Waals surface area (Å²) in [5.74, 6) is -0.500. The number of hydrogen-bond donors (Lipinski definition) is 1. The predicted octanol–water partition coefficient (Wildman–Crippen LogP) is 4.78. The zero-order chi connectivity index (χ0) is 14.5. The maximum atomic E-state index is 13.5. The summed E-state index contributed by atoms with van der Waals surface area (Å²) in [5.41, 5.74) is 2.69. The van der Waals surface area contributed by atoms with E-state index >= 15 is 0 Å². The summed E-state index contributed by atoms with van der Waals surface area (Å²) < 4.78 is 26.2. The number of benzene rings is 2. The molecule has 0 radical (unpaired) electrons. The second-order valence-electron chi connectivity index (χ2n) is 5.39. The summed E-state index contributed by atoms with van der Waals surface area (Å²) in [7, 11) is 0. The molecule has 0 aliphatic rings. The third-order valence-corrected chi connectivity index (χ3v) is 3.08. The molecule has 0 atom stereocenters. The van der Waals surface area contributed by atoms with Crippen LogP contribution in [0.1, 0.15) is 25.0 Å². The van der Waals surface area contributed by atoms with E-state index in [1.807, 2.05) is 12.1 Å². The highest BCUT2D eigenvalue weighted by Gasteiger charge is 2.03. The molecule has 0 amide bonds. The van der Waals surface area contributed by atoms with Gasteiger partial charge in [-0.15, -0.1) is 0 Å². The third-order valence-electron chi connectivity index (χ3n) is 3.08. The van der Waals surface area contributed by atoms with Crippen LogP contribution in [0, 0.1) is 17.6 Å². The van der Waals surface area contributed by atoms with Crippen LogP contribution in [0.15, 0.2) is 42.5 Å². The van der Waals surface area contributed by atoms with Crippen molar-refractivity contribution in [2.24, 2.45) is 5.92 Å². The lowest BCUT2D eigenvalue weighted by Crippen LogP contribution is -2.02. The van der Waals surface area contributed by atoms with E-state index in [2.05, 4.69) is 31.3 Å². The monoisotopic (exact) mass is 275 g/mol. The van der Waals surface area contributed by atoms with E-state index in [0.717, 1.165) is 18.1 Å². The van der Waals surface area contributed by atoms with Crippen molar-refractivity contribution in [2.75, 3.05) is 5.32 Å². The molecule has 0 saturated carbocycles. The highest BCUT2D eigenvalue weighted by molar-refractivity contribution is 5.45. The molecule has 0 aliphatic carbocycles. The number of hydrogen-bond acceptors (Lipinski definition) is 1. The fraction of sp³-hybridized carbons (Fsp3) is 0.294. The minimum atomic E-state index is -0.568. The molecule has 2 aromatic carbocycles. The van der Waals surface area contributed by atoms with Crippen LogP contribution in [0.2, 0.25) is 0 Å². The largest absolute Gasteiger partial charge is 0.379 e. The Morgan fingerprint density at radius 2 is 1.60 bits per heavy atom. The molecule has 2 aromatic rings. The molecule has 20 heavy (non-hydrogen) atoms. The van der Waals surface area contributed by atoms with Crippen LogP contribution in [0.25, 0.3) is 0 Å². The molecule has 0 aromatic heterocycles. The van der Waals surface area contributed by atoms with Crippen molar-refractivity contribution < 1.29 is 8.78 Å². The van der Waals surface area contributed by atoms with Gasteiger partial charge in [-0.25, -0.2) is 8.78 Å². The number of nitrogens with one attached hydrogen (secondary N) is 1. The van der Waals surface area contributed by atoms with Gasteiger partial charge in [-0.3, -0.25) is 0 Å². The van der Waals surface area contributed by atoms with Gasteiger partial charge in [0.05, 0.1) is 5.69 Å². The van der Waals surface area contributed by atoms with Crippen molar-refractivity contribution in [3.05, 3.63) is 65.2 Å². The lowest BCUT2D eigenvalue weighted by Gasteiger charge is -2.09. The summed E-state index contributed by atoms with van der Waals surface area (Å²) in [6.07, 6.45) is 1.06. The minimum Gasteiger partial charge on any atom is -0.379 e. The lowest BCUT2D eigenvalue weighted by molar-refractivity contribution is 0.585. The van der Waals surface area contributed by atoms with Gasteiger partial charge in [0, 0.05) is 12.6 Å². The quantitative estimate of drug-likeness (QED) is 0.828. The topological polar surface area (TPSA) is 12.0 Å². The molecule has 0 bridgehead atoms. The Hall–Kier alpha value is -1.90. The van der Waals surface area contributed by atoms with Gasteiger partial charge in [-0.2, -0.15) is 0 Å². The van der Waals surface area contributed by atoms with E-state index < -0.39 is 11.6 Å². The van der Waals surface area contributed by atoms with Crippen molar-refractivity contribution >= 4 is 5.69 Å². The third kappa shape index (κ3) is 4.05. The molecule has 0 unspecified atom stereocenters. The van der Waals surface area contributed by atoms with Gasteiger partial charge in [-0.1, -0.05) is 38.1 Å². The smallest absolute Gasteiger partial charge is 0.149 e. The maximum Gasteiger partial charge on any atom is 0.149 e. The highest BCUT2D eigenvalue weighted by atomic mass is 19.1. The van der Waals surface area contributed by atoms with Gasteiger partial charge in [0.2, 0.25) is 0 Å². The van der Waals surface area contributed by atoms with Crippen molar-refractivity contribution in [2.45, 2.75) is 26.8 Å². The Kier molecular flexibility index (Phi) is 4.72. The summed E-state index contributed by atoms with van der Waals surface area (Å²) in [6, 6.07) is 11.8. The first-order valence-corrected chi connectivity index (χ1v) is 6.81. The van der Waals surface area contributed by atoms with Crippen molar-refractivity contribution in [3.63, 3.8) is 0 Å². The Balaban J connectivity index is 1.96. The van der Waals surface area contributed by atoms with Crippen LogP contribution in [0.3, 0.4) is 0 Å². The Morgan fingerprint density at radius 1 is 0.950 bits per heavy atom. The van der Waals surface area contributed by atoms with Gasteiger partial charge in [0.15, 0.2) is 0 Å². The molecule has 0 spiro atoms. The second-order valence-corrected chi connectivity index (χ2v) is 5.39. The molecular formula is C17H19F2N. The molecular weight excluding hydrogens is 256 g/mol. The van der Waals surface area contributed by atoms with Crippen LogP contribution in [0.5, 0.6) is 0 Å². The molecule has 0 aliphatic heterocycles. The maximum absolute atomic E-state index is 13.5. The van der Waals surface area contributed by atoms with Crippen LogP contribution < -0.4 is 5.32 Å². The molecule has 2 rings (SSSR count). The standard InChI is InChI=1S/C17H19F2N/c1-12(2)9-13-3-5-14(6-4-13)11-20-17-8-7-15(18)10-16(17)19/h3-8,10,12,20H,9,11H2,1-2H3. The van der Waals surface area contributed by atoms with E-state index in [4.69, 9.17) is 0 Å². The van der Waals surface area contributed by atoms with Crippen LogP contribution in [-0.4, -0.2) is 0 Å². The molecule has 1 nitrogen and oxygen atoms in total. The summed E-state index contributed by atoms with van der Waals surface area (Å²) in [6.45, 7) is 4.89. The summed E-state index contributed by atoms with van der Waals surface area (Å²) >= 11 is 0. The molecule has 0 heterocycles. The van der Waals surface area contributed by atoms with Crippen LogP contribution in [0.4, 0.5) is 14.5 Å². The number of rotatable bonds is 5. The second kappa shape index (κ2) is 6.51. The molecule has 0 fully saturated rings. The average Bonchev–Trinajstić information content (AvgIpc) is 2.39. The predicted molar refractivity (Wildman–Crippen MR) is 78.7 cm³/mol.